The van der Waals surface area contributed by atoms with E-state index in [-0.39, 0.29) is 23.7 Å². The third-order valence-corrected chi connectivity index (χ3v) is 14.7. The predicted octanol–water partition coefficient (Wildman–Crippen LogP) is 5.51. The van der Waals surface area contributed by atoms with E-state index >= 15 is 0 Å². The molecule has 0 spiro atoms. The lowest BCUT2D eigenvalue weighted by atomic mass is 9.85. The highest BCUT2D eigenvalue weighted by Gasteiger charge is 2.47. The first-order valence-corrected chi connectivity index (χ1v) is 21.7. The molecule has 2 aliphatic carbocycles. The van der Waals surface area contributed by atoms with Gasteiger partial charge in [-0.3, -0.25) is 9.80 Å². The quantitative estimate of drug-likeness (QED) is 0.349. The lowest BCUT2D eigenvalue weighted by Gasteiger charge is -2.50. The number of hydrogen-bond donors (Lipinski definition) is 3. The molecule has 4 atom stereocenters. The summed E-state index contributed by atoms with van der Waals surface area (Å²) >= 11 is 0. The summed E-state index contributed by atoms with van der Waals surface area (Å²) in [5, 5.41) is 9.97. The number of nitrogens with zero attached hydrogens (tertiary/aromatic N) is 5. The fourth-order valence-corrected chi connectivity index (χ4v) is 11.3. The molecule has 6 aliphatic heterocycles. The molecule has 53 heavy (non-hydrogen) atoms. The van der Waals surface area contributed by atoms with Gasteiger partial charge in [0.2, 0.25) is 0 Å². The van der Waals surface area contributed by atoms with Crippen molar-refractivity contribution in [2.45, 2.75) is 190 Å². The molecule has 12 heteroatoms. The number of fused-ring (bicyclic) bond motifs is 2. The number of ether oxygens (including phenoxy) is 1. The standard InChI is InChI=1S/C23H40N4O3.C18H32N4O/c1-22(2,3)30-21(29)25-15-11-23(4,12-16-25)26-13-9-17(10-14-26)27-19-8-6-5-7-18(19)24-20(27)28;1-18(8-10-19-11-9-18)21-12-6-14(7-13-21)22-16-5-3-2-4-15(16)20-17(22)23/h17-19H,5-16H2,1-4H3,(H,24,28);14-16,19H,2-13H2,1H3,(H,20,23)/t18-,19-;15-,16-/m11/s1. The lowest BCUT2D eigenvalue weighted by molar-refractivity contribution is -0.0141. The van der Waals surface area contributed by atoms with Crippen LogP contribution in [0.3, 0.4) is 0 Å². The number of urea groups is 2. The van der Waals surface area contributed by atoms with E-state index in [4.69, 9.17) is 4.74 Å². The molecule has 0 aromatic heterocycles. The van der Waals surface area contributed by atoms with E-state index in [1.54, 1.807) is 0 Å². The second-order valence-corrected chi connectivity index (χ2v) is 19.3. The number of hydrogen-bond acceptors (Lipinski definition) is 7. The Morgan fingerprint density at radius 2 is 1.04 bits per heavy atom. The van der Waals surface area contributed by atoms with Gasteiger partial charge in [-0.15, -0.1) is 0 Å². The zero-order chi connectivity index (χ0) is 37.4. The van der Waals surface area contributed by atoms with Gasteiger partial charge in [-0.25, -0.2) is 14.4 Å². The van der Waals surface area contributed by atoms with Crippen LogP contribution in [0.25, 0.3) is 0 Å². The number of piperidine rings is 4. The first kappa shape index (κ1) is 38.9. The summed E-state index contributed by atoms with van der Waals surface area (Å²) in [5.41, 5.74) is 0.0555. The van der Waals surface area contributed by atoms with E-state index in [0.717, 1.165) is 104 Å². The van der Waals surface area contributed by atoms with Crippen molar-refractivity contribution in [2.75, 3.05) is 52.4 Å². The molecule has 12 nitrogen and oxygen atoms in total. The monoisotopic (exact) mass is 741 g/mol. The van der Waals surface area contributed by atoms with Crippen molar-refractivity contribution in [3.63, 3.8) is 0 Å². The average molecular weight is 741 g/mol. The summed E-state index contributed by atoms with van der Waals surface area (Å²) in [7, 11) is 0. The summed E-state index contributed by atoms with van der Waals surface area (Å²) in [6.07, 6.45) is 18.4. The molecule has 0 unspecified atom stereocenters. The third kappa shape index (κ3) is 8.59. The van der Waals surface area contributed by atoms with Crippen LogP contribution in [0, 0.1) is 0 Å². The topological polar surface area (TPSA) is 113 Å². The summed E-state index contributed by atoms with van der Waals surface area (Å²) in [5.74, 6) is 0. The molecular weight excluding hydrogens is 669 g/mol. The van der Waals surface area contributed by atoms with Crippen LogP contribution < -0.4 is 16.0 Å². The average Bonchev–Trinajstić information content (AvgIpc) is 3.67. The summed E-state index contributed by atoms with van der Waals surface area (Å²) in [6, 6.07) is 2.91. The normalized spacial score (nSPS) is 33.0. The summed E-state index contributed by atoms with van der Waals surface area (Å²) in [6.45, 7) is 18.7. The number of rotatable bonds is 4. The van der Waals surface area contributed by atoms with Gasteiger partial charge in [-0.1, -0.05) is 25.7 Å². The first-order chi connectivity index (χ1) is 25.3. The van der Waals surface area contributed by atoms with E-state index in [9.17, 15) is 14.4 Å². The maximum absolute atomic E-state index is 12.6. The van der Waals surface area contributed by atoms with Gasteiger partial charge in [0.25, 0.3) is 0 Å². The summed E-state index contributed by atoms with van der Waals surface area (Å²) < 4.78 is 5.55. The molecule has 6 heterocycles. The van der Waals surface area contributed by atoms with Gasteiger partial charge in [0, 0.05) is 62.4 Å². The zero-order valence-corrected chi connectivity index (χ0v) is 33.8. The van der Waals surface area contributed by atoms with Crippen LogP contribution in [0.15, 0.2) is 0 Å². The van der Waals surface area contributed by atoms with Crippen molar-refractivity contribution in [1.82, 2.24) is 40.4 Å². The Morgan fingerprint density at radius 3 is 1.47 bits per heavy atom. The Balaban J connectivity index is 0.000000170. The molecule has 2 saturated carbocycles. The van der Waals surface area contributed by atoms with E-state index < -0.39 is 5.60 Å². The number of likely N-dealkylation sites (tertiary alicyclic amines) is 3. The van der Waals surface area contributed by atoms with Crippen molar-refractivity contribution in [1.29, 1.82) is 0 Å². The fraction of sp³-hybridized carbons (Fsp3) is 0.927. The highest BCUT2D eigenvalue weighted by Crippen LogP contribution is 2.37. The van der Waals surface area contributed by atoms with Crippen LogP contribution in [-0.4, -0.2) is 148 Å². The van der Waals surface area contributed by atoms with Crippen molar-refractivity contribution in [3.05, 3.63) is 0 Å². The van der Waals surface area contributed by atoms with Crippen LogP contribution in [0.5, 0.6) is 0 Å². The van der Waals surface area contributed by atoms with Gasteiger partial charge in [0.05, 0.1) is 24.2 Å². The number of amides is 5. The van der Waals surface area contributed by atoms with E-state index in [0.29, 0.717) is 41.8 Å². The molecule has 6 saturated heterocycles. The minimum atomic E-state index is -0.446. The Kier molecular flexibility index (Phi) is 11.8. The highest BCUT2D eigenvalue weighted by atomic mass is 16.6. The molecule has 5 amide bonds. The first-order valence-electron chi connectivity index (χ1n) is 21.7. The van der Waals surface area contributed by atoms with E-state index in [2.05, 4.69) is 49.4 Å². The van der Waals surface area contributed by atoms with Crippen molar-refractivity contribution in [3.8, 4) is 0 Å². The largest absolute Gasteiger partial charge is 0.444 e. The Bertz CT molecular complexity index is 1280. The van der Waals surface area contributed by atoms with Gasteiger partial charge >= 0.3 is 18.2 Å². The number of carbonyl (C=O) groups excluding carboxylic acids is 3. The van der Waals surface area contributed by atoms with Crippen molar-refractivity contribution >= 4 is 18.2 Å². The van der Waals surface area contributed by atoms with Gasteiger partial charge in [0.1, 0.15) is 5.60 Å². The molecule has 0 radical (unpaired) electrons. The van der Waals surface area contributed by atoms with E-state index in [1.807, 2.05) is 25.7 Å². The molecule has 0 bridgehead atoms. The lowest BCUT2D eigenvalue weighted by Crippen LogP contribution is -2.59. The highest BCUT2D eigenvalue weighted by molar-refractivity contribution is 5.78. The second kappa shape index (κ2) is 16.0. The maximum atomic E-state index is 12.6. The summed E-state index contributed by atoms with van der Waals surface area (Å²) in [4.78, 5) is 49.1. The maximum Gasteiger partial charge on any atom is 0.410 e. The number of carbonyl (C=O) groups is 3. The van der Waals surface area contributed by atoms with Gasteiger partial charge in [-0.05, 0) is 125 Å². The zero-order valence-electron chi connectivity index (χ0n) is 33.8. The van der Waals surface area contributed by atoms with Crippen molar-refractivity contribution < 1.29 is 19.1 Å². The fourth-order valence-electron chi connectivity index (χ4n) is 11.3. The smallest absolute Gasteiger partial charge is 0.410 e. The Hall–Kier alpha value is -2.31. The van der Waals surface area contributed by atoms with Crippen LogP contribution in [-0.2, 0) is 4.74 Å². The molecular formula is C41H72N8O4. The SMILES string of the molecule is CC(C)(C)OC(=O)N1CCC(C)(N2CCC(N3C(=O)N[C@@H]4CCCC[C@H]43)CC2)CC1.CC1(N2CCC(N3C(=O)N[C@@H]4CCCC[C@H]43)CC2)CCNCC1. The van der Waals surface area contributed by atoms with Crippen LogP contribution in [0.1, 0.15) is 137 Å². The van der Waals surface area contributed by atoms with Gasteiger partial charge in [0.15, 0.2) is 0 Å². The van der Waals surface area contributed by atoms with Crippen molar-refractivity contribution in [2.24, 2.45) is 0 Å². The molecule has 0 aromatic carbocycles. The second-order valence-electron chi connectivity index (χ2n) is 19.3. The molecule has 300 valence electrons. The van der Waals surface area contributed by atoms with E-state index in [1.165, 1.54) is 51.4 Å². The third-order valence-electron chi connectivity index (χ3n) is 14.7. The van der Waals surface area contributed by atoms with Crippen LogP contribution in [0.4, 0.5) is 14.4 Å². The van der Waals surface area contributed by atoms with Crippen LogP contribution in [0.2, 0.25) is 0 Å². The Labute approximate surface area is 319 Å². The predicted molar refractivity (Wildman–Crippen MR) is 208 cm³/mol. The minimum absolute atomic E-state index is 0.129. The van der Waals surface area contributed by atoms with Gasteiger partial charge < -0.3 is 35.4 Å². The number of nitrogens with one attached hydrogen (secondary N) is 3. The molecule has 8 aliphatic rings. The molecule has 0 aromatic rings. The van der Waals surface area contributed by atoms with Gasteiger partial charge in [-0.2, -0.15) is 0 Å². The molecule has 8 rings (SSSR count). The minimum Gasteiger partial charge on any atom is -0.444 e. The molecule has 3 N–H and O–H groups in total. The Morgan fingerprint density at radius 1 is 0.623 bits per heavy atom. The molecule has 8 fully saturated rings. The van der Waals surface area contributed by atoms with Crippen LogP contribution >= 0.6 is 0 Å².